The second-order valence-corrected chi connectivity index (χ2v) is 14.0. The highest BCUT2D eigenvalue weighted by molar-refractivity contribution is 5.14. The fraction of sp³-hybridized carbons (Fsp3) is 0.561. The fourth-order valence-corrected chi connectivity index (χ4v) is 4.50. The summed E-state index contributed by atoms with van der Waals surface area (Å²) in [5.41, 5.74) is 1.44. The molecular weight excluding hydrogens is 605 g/mol. The Morgan fingerprint density at radius 2 is 1.08 bits per heavy atom. The van der Waals surface area contributed by atoms with Crippen LogP contribution in [0, 0.1) is 36.5 Å². The minimum Gasteiger partial charge on any atom is -0.349 e. The van der Waals surface area contributed by atoms with Gasteiger partial charge in [-0.3, -0.25) is 0 Å². The Kier molecular flexibility index (Phi) is 26.9. The number of imidazole rings is 4. The summed E-state index contributed by atoms with van der Waals surface area (Å²) in [6.45, 7) is 27.3. The van der Waals surface area contributed by atoms with E-state index in [-0.39, 0.29) is 14.9 Å². The van der Waals surface area contributed by atoms with E-state index in [9.17, 15) is 0 Å². The van der Waals surface area contributed by atoms with E-state index >= 15 is 0 Å². The highest BCUT2D eigenvalue weighted by Gasteiger charge is 1.99. The van der Waals surface area contributed by atoms with Crippen LogP contribution < -0.4 is 0 Å². The molecule has 276 valence electrons. The van der Waals surface area contributed by atoms with Crippen molar-refractivity contribution in [3.05, 3.63) is 110 Å². The fourth-order valence-electron chi connectivity index (χ4n) is 4.50. The van der Waals surface area contributed by atoms with Crippen molar-refractivity contribution in [1.29, 1.82) is 0 Å². The van der Waals surface area contributed by atoms with Gasteiger partial charge in [-0.2, -0.15) is 0 Å². The Balaban J connectivity index is 0. The van der Waals surface area contributed by atoms with Gasteiger partial charge in [-0.25, -0.2) is 19.9 Å². The molecular formula is C41H72N8. The van der Waals surface area contributed by atoms with E-state index in [1.54, 1.807) is 6.20 Å². The van der Waals surface area contributed by atoms with Gasteiger partial charge in [0.25, 0.3) is 0 Å². The van der Waals surface area contributed by atoms with E-state index in [0.717, 1.165) is 43.6 Å². The lowest BCUT2D eigenvalue weighted by molar-refractivity contribution is 0.514. The van der Waals surface area contributed by atoms with Crippen molar-refractivity contribution in [2.45, 2.75) is 123 Å². The van der Waals surface area contributed by atoms with E-state index in [1.807, 2.05) is 63.0 Å². The third-order valence-corrected chi connectivity index (χ3v) is 6.40. The number of rotatable bonds is 10. The second kappa shape index (κ2) is 28.0. The lowest BCUT2D eigenvalue weighted by atomic mass is 10.0. The van der Waals surface area contributed by atoms with E-state index in [4.69, 9.17) is 0 Å². The summed E-state index contributed by atoms with van der Waals surface area (Å²) >= 11 is 0. The topological polar surface area (TPSA) is 82.1 Å². The monoisotopic (exact) mass is 677 g/mol. The summed E-state index contributed by atoms with van der Waals surface area (Å²) in [7, 11) is 0. The zero-order valence-corrected chi connectivity index (χ0v) is 31.2. The molecule has 0 saturated carbocycles. The molecule has 5 aromatic rings. The first-order valence-corrected chi connectivity index (χ1v) is 17.3. The van der Waals surface area contributed by atoms with Crippen molar-refractivity contribution in [2.24, 2.45) is 29.6 Å². The third kappa shape index (κ3) is 25.7. The Labute approximate surface area is 300 Å². The number of hydrogen-bond acceptors (Lipinski definition) is 4. The van der Waals surface area contributed by atoms with Gasteiger partial charge in [0, 0.05) is 75.6 Å². The van der Waals surface area contributed by atoms with Crippen molar-refractivity contribution in [2.75, 3.05) is 0 Å². The maximum atomic E-state index is 4.13. The maximum absolute atomic E-state index is 4.13. The first-order valence-electron chi connectivity index (χ1n) is 17.3. The first-order chi connectivity index (χ1) is 22.3. The van der Waals surface area contributed by atoms with Crippen LogP contribution in [-0.2, 0) is 32.5 Å². The number of aromatic nitrogens is 8. The molecule has 0 radical (unpaired) electrons. The molecule has 0 aliphatic heterocycles. The molecule has 0 amide bonds. The van der Waals surface area contributed by atoms with E-state index in [0.29, 0.717) is 23.7 Å². The van der Waals surface area contributed by atoms with Crippen LogP contribution in [0.4, 0.5) is 0 Å². The van der Waals surface area contributed by atoms with Gasteiger partial charge >= 0.3 is 0 Å². The molecule has 8 heteroatoms. The molecule has 0 aliphatic rings. The number of benzene rings is 1. The zero-order valence-electron chi connectivity index (χ0n) is 31.2. The SMILES string of the molecule is C.C.CC(C)Cc1ccccc1.CC(C)Cc1ncc[nH]1.CC(C)Cn1ccnc1.CC(C)Cn1ccnc1.Cc1nccn1CC(C)C. The minimum absolute atomic E-state index is 0. The van der Waals surface area contributed by atoms with Crippen LogP contribution in [-0.4, -0.2) is 38.6 Å². The lowest BCUT2D eigenvalue weighted by Crippen LogP contribution is -2.04. The number of nitrogens with one attached hydrogen (secondary N) is 1. The van der Waals surface area contributed by atoms with Gasteiger partial charge in [0.1, 0.15) is 11.6 Å². The number of aromatic amines is 1. The molecule has 0 saturated heterocycles. The molecule has 49 heavy (non-hydrogen) atoms. The molecule has 0 unspecified atom stereocenters. The number of nitrogens with zero attached hydrogens (tertiary/aromatic N) is 7. The third-order valence-electron chi connectivity index (χ3n) is 6.40. The predicted molar refractivity (Wildman–Crippen MR) is 212 cm³/mol. The van der Waals surface area contributed by atoms with Crippen molar-refractivity contribution in [1.82, 2.24) is 38.6 Å². The van der Waals surface area contributed by atoms with Gasteiger partial charge in [0.15, 0.2) is 0 Å². The Hall–Kier alpha value is -3.94. The summed E-state index contributed by atoms with van der Waals surface area (Å²) in [4.78, 5) is 19.2. The van der Waals surface area contributed by atoms with Gasteiger partial charge in [-0.15, -0.1) is 0 Å². The highest BCUT2D eigenvalue weighted by Crippen LogP contribution is 2.06. The molecule has 5 rings (SSSR count). The molecule has 0 aliphatic carbocycles. The predicted octanol–water partition coefficient (Wildman–Crippen LogP) is 10.7. The Morgan fingerprint density at radius 1 is 0.571 bits per heavy atom. The van der Waals surface area contributed by atoms with Crippen LogP contribution in [0.1, 0.15) is 101 Å². The lowest BCUT2D eigenvalue weighted by Gasteiger charge is -2.06. The molecule has 0 bridgehead atoms. The van der Waals surface area contributed by atoms with E-state index < -0.39 is 0 Å². The van der Waals surface area contributed by atoms with Crippen LogP contribution in [0.5, 0.6) is 0 Å². The zero-order chi connectivity index (χ0) is 35.0. The van der Waals surface area contributed by atoms with E-state index in [1.165, 1.54) is 12.0 Å². The van der Waals surface area contributed by atoms with Gasteiger partial charge in [-0.05, 0) is 48.5 Å². The highest BCUT2D eigenvalue weighted by atomic mass is 15.1. The number of aryl methyl sites for hydroxylation is 1. The standard InChI is InChI=1S/C10H14.C8H14N2.3C7H12N2.2CH4/c1-9(2)8-10-6-4-3-5-7-10;1-7(2)6-10-5-4-9-8(10)3;2*1-7(2)5-9-4-3-8-6-9;1-6(2)5-7-8-3-4-9-7;;/h3-7,9H,8H2,1-2H3;4-5,7H,6H2,1-3H3;2*3-4,6-7H,5H2,1-2H3;3-4,6H,5H2,1-2H3,(H,8,9);2*1H4. The average molecular weight is 677 g/mol. The molecule has 4 heterocycles. The van der Waals surface area contributed by atoms with Crippen molar-refractivity contribution < 1.29 is 0 Å². The molecule has 1 N–H and O–H groups in total. The summed E-state index contributed by atoms with van der Waals surface area (Å²) in [5.74, 6) is 5.77. The Bertz CT molecular complexity index is 1240. The van der Waals surface area contributed by atoms with Crippen molar-refractivity contribution in [3.8, 4) is 0 Å². The normalized spacial score (nSPS) is 10.1. The second-order valence-electron chi connectivity index (χ2n) is 14.0. The van der Waals surface area contributed by atoms with Crippen molar-refractivity contribution in [3.63, 3.8) is 0 Å². The van der Waals surface area contributed by atoms with Crippen molar-refractivity contribution >= 4 is 0 Å². The molecule has 0 fully saturated rings. The van der Waals surface area contributed by atoms with Gasteiger partial charge in [0.2, 0.25) is 0 Å². The summed E-state index contributed by atoms with van der Waals surface area (Å²) in [6, 6.07) is 10.6. The maximum Gasteiger partial charge on any atom is 0.106 e. The van der Waals surface area contributed by atoms with Crippen LogP contribution in [0.15, 0.2) is 92.6 Å². The quantitative estimate of drug-likeness (QED) is 0.160. The van der Waals surface area contributed by atoms with E-state index in [2.05, 4.69) is 138 Å². The van der Waals surface area contributed by atoms with Gasteiger partial charge in [-0.1, -0.05) is 114 Å². The Morgan fingerprint density at radius 3 is 1.43 bits per heavy atom. The summed E-state index contributed by atoms with van der Waals surface area (Å²) < 4.78 is 6.35. The minimum atomic E-state index is 0. The number of hydrogen-bond donors (Lipinski definition) is 1. The van der Waals surface area contributed by atoms with Gasteiger partial charge < -0.3 is 18.7 Å². The molecule has 8 nitrogen and oxygen atoms in total. The molecule has 1 aromatic carbocycles. The molecule has 0 atom stereocenters. The summed E-state index contributed by atoms with van der Waals surface area (Å²) in [6.07, 6.45) is 21.0. The smallest absolute Gasteiger partial charge is 0.106 e. The number of H-pyrrole nitrogens is 1. The summed E-state index contributed by atoms with van der Waals surface area (Å²) in [5, 5.41) is 0. The first kappa shape index (κ1) is 47.2. The molecule has 4 aromatic heterocycles. The van der Waals surface area contributed by atoms with Crippen LogP contribution in [0.25, 0.3) is 0 Å². The molecule has 0 spiro atoms. The van der Waals surface area contributed by atoms with Crippen LogP contribution >= 0.6 is 0 Å². The largest absolute Gasteiger partial charge is 0.349 e. The average Bonchev–Trinajstić information content (AvgIpc) is 3.81. The van der Waals surface area contributed by atoms with Crippen LogP contribution in [0.3, 0.4) is 0 Å². The van der Waals surface area contributed by atoms with Crippen LogP contribution in [0.2, 0.25) is 0 Å². The van der Waals surface area contributed by atoms with Gasteiger partial charge in [0.05, 0.1) is 12.7 Å².